The molecule has 1 aliphatic heterocycles. The number of hydrogen-bond donors (Lipinski definition) is 2. The number of urea groups is 1. The Labute approximate surface area is 136 Å². The van der Waals surface area contributed by atoms with Crippen molar-refractivity contribution in [3.63, 3.8) is 0 Å². The zero-order valence-corrected chi connectivity index (χ0v) is 13.9. The summed E-state index contributed by atoms with van der Waals surface area (Å²) < 4.78 is 0. The van der Waals surface area contributed by atoms with Crippen molar-refractivity contribution in [3.05, 3.63) is 28.8 Å². The van der Waals surface area contributed by atoms with Gasteiger partial charge >= 0.3 is 6.03 Å². The minimum Gasteiger partial charge on any atom is -0.392 e. The molecule has 6 heteroatoms. The van der Waals surface area contributed by atoms with Gasteiger partial charge in [-0.3, -0.25) is 4.90 Å². The number of carbonyl (C=O) groups is 1. The van der Waals surface area contributed by atoms with E-state index in [1.165, 1.54) is 0 Å². The first-order valence-electron chi connectivity index (χ1n) is 7.72. The van der Waals surface area contributed by atoms with E-state index < -0.39 is 0 Å². The Morgan fingerprint density at radius 2 is 2.05 bits per heavy atom. The van der Waals surface area contributed by atoms with Crippen LogP contribution in [0, 0.1) is 6.92 Å². The van der Waals surface area contributed by atoms with E-state index >= 15 is 0 Å². The highest BCUT2D eigenvalue weighted by atomic mass is 35.5. The summed E-state index contributed by atoms with van der Waals surface area (Å²) >= 11 is 6.07. The molecule has 122 valence electrons. The second-order valence-corrected chi connectivity index (χ2v) is 6.15. The van der Waals surface area contributed by atoms with Crippen LogP contribution < -0.4 is 5.32 Å². The predicted molar refractivity (Wildman–Crippen MR) is 89.5 cm³/mol. The first-order chi connectivity index (χ1) is 10.5. The second-order valence-electron chi connectivity index (χ2n) is 5.74. The van der Waals surface area contributed by atoms with Gasteiger partial charge in [0, 0.05) is 43.4 Å². The average Bonchev–Trinajstić information content (AvgIpc) is 2.51. The molecule has 22 heavy (non-hydrogen) atoms. The molecule has 0 radical (unpaired) electrons. The van der Waals surface area contributed by atoms with Crippen LogP contribution in [0.1, 0.15) is 18.9 Å². The number of carbonyl (C=O) groups excluding carboxylic acids is 1. The normalized spacial score (nSPS) is 17.4. The summed E-state index contributed by atoms with van der Waals surface area (Å²) in [6.45, 7) is 7.50. The molecule has 2 N–H and O–H groups in total. The van der Waals surface area contributed by atoms with Gasteiger partial charge in [0.25, 0.3) is 0 Å². The Morgan fingerprint density at radius 1 is 1.36 bits per heavy atom. The standard InChI is InChI=1S/C16H24ClN3O2/c1-3-14(21)11-19-6-8-20(9-7-19)16(22)18-13-5-4-12(2)15(17)10-13/h4-5,10,14,21H,3,6-9,11H2,1-2H3,(H,18,22)/t14-/m1/s1. The first-order valence-corrected chi connectivity index (χ1v) is 8.10. The van der Waals surface area contributed by atoms with Gasteiger partial charge in [0.15, 0.2) is 0 Å². The van der Waals surface area contributed by atoms with Gasteiger partial charge in [-0.2, -0.15) is 0 Å². The van der Waals surface area contributed by atoms with Crippen molar-refractivity contribution in [2.45, 2.75) is 26.4 Å². The summed E-state index contributed by atoms with van der Waals surface area (Å²) in [5.74, 6) is 0. The number of nitrogens with zero attached hydrogens (tertiary/aromatic N) is 2. The van der Waals surface area contributed by atoms with Crippen LogP contribution in [-0.4, -0.2) is 59.8 Å². The van der Waals surface area contributed by atoms with Crippen LogP contribution in [-0.2, 0) is 0 Å². The lowest BCUT2D eigenvalue weighted by atomic mass is 10.2. The molecule has 1 aliphatic rings. The lowest BCUT2D eigenvalue weighted by Gasteiger charge is -2.35. The third-order valence-corrected chi connectivity index (χ3v) is 4.43. The van der Waals surface area contributed by atoms with E-state index in [1.807, 2.05) is 26.0 Å². The van der Waals surface area contributed by atoms with E-state index in [0.29, 0.717) is 30.3 Å². The number of hydrogen-bond acceptors (Lipinski definition) is 3. The van der Waals surface area contributed by atoms with Crippen molar-refractivity contribution in [2.75, 3.05) is 38.0 Å². The molecular formula is C16H24ClN3O2. The van der Waals surface area contributed by atoms with Crippen molar-refractivity contribution in [2.24, 2.45) is 0 Å². The number of rotatable bonds is 4. The predicted octanol–water partition coefficient (Wildman–Crippen LogP) is 2.57. The van der Waals surface area contributed by atoms with Crippen molar-refractivity contribution in [1.29, 1.82) is 0 Å². The molecule has 1 fully saturated rings. The Morgan fingerprint density at radius 3 is 2.64 bits per heavy atom. The first kappa shape index (κ1) is 17.1. The van der Waals surface area contributed by atoms with Gasteiger partial charge in [-0.25, -0.2) is 4.79 Å². The number of aliphatic hydroxyl groups excluding tert-OH is 1. The number of aliphatic hydroxyl groups is 1. The number of amides is 2. The number of β-amino-alcohol motifs (C(OH)–C–C–N with tert-alkyl or cyclic N) is 1. The molecule has 2 rings (SSSR count). The Bertz CT molecular complexity index is 516. The lowest BCUT2D eigenvalue weighted by molar-refractivity contribution is 0.0812. The summed E-state index contributed by atoms with van der Waals surface area (Å²) in [7, 11) is 0. The maximum atomic E-state index is 12.3. The van der Waals surface area contributed by atoms with Gasteiger partial charge in [0.1, 0.15) is 0 Å². The summed E-state index contributed by atoms with van der Waals surface area (Å²) in [5.41, 5.74) is 1.70. The zero-order valence-electron chi connectivity index (χ0n) is 13.2. The fraction of sp³-hybridized carbons (Fsp3) is 0.562. The van der Waals surface area contributed by atoms with E-state index in [4.69, 9.17) is 11.6 Å². The fourth-order valence-corrected chi connectivity index (χ4v) is 2.61. The molecule has 1 atom stereocenters. The summed E-state index contributed by atoms with van der Waals surface area (Å²) in [6, 6.07) is 5.41. The minimum absolute atomic E-state index is 0.101. The molecule has 0 bridgehead atoms. The second kappa shape index (κ2) is 7.81. The maximum Gasteiger partial charge on any atom is 0.321 e. The zero-order chi connectivity index (χ0) is 16.1. The topological polar surface area (TPSA) is 55.8 Å². The Kier molecular flexibility index (Phi) is 6.06. The van der Waals surface area contributed by atoms with Crippen LogP contribution in [0.3, 0.4) is 0 Å². The van der Waals surface area contributed by atoms with Crippen molar-refractivity contribution in [1.82, 2.24) is 9.80 Å². The van der Waals surface area contributed by atoms with Crippen molar-refractivity contribution >= 4 is 23.3 Å². The molecule has 0 saturated carbocycles. The fourth-order valence-electron chi connectivity index (χ4n) is 2.43. The maximum absolute atomic E-state index is 12.3. The van der Waals surface area contributed by atoms with Gasteiger partial charge < -0.3 is 15.3 Å². The molecule has 0 spiro atoms. The molecule has 2 amide bonds. The van der Waals surface area contributed by atoms with Gasteiger partial charge in [-0.15, -0.1) is 0 Å². The molecule has 0 aliphatic carbocycles. The molecule has 0 unspecified atom stereocenters. The number of nitrogens with one attached hydrogen (secondary N) is 1. The molecule has 5 nitrogen and oxygen atoms in total. The largest absolute Gasteiger partial charge is 0.392 e. The van der Waals surface area contributed by atoms with Gasteiger partial charge in [-0.1, -0.05) is 24.6 Å². The van der Waals surface area contributed by atoms with Crippen molar-refractivity contribution < 1.29 is 9.90 Å². The van der Waals surface area contributed by atoms with Gasteiger partial charge in [-0.05, 0) is 31.0 Å². The summed E-state index contributed by atoms with van der Waals surface area (Å²) in [5, 5.41) is 13.2. The smallest absolute Gasteiger partial charge is 0.321 e. The molecule has 1 saturated heterocycles. The molecule has 0 aromatic heterocycles. The molecular weight excluding hydrogens is 302 g/mol. The minimum atomic E-state index is -0.282. The van der Waals surface area contributed by atoms with E-state index in [2.05, 4.69) is 10.2 Å². The SMILES string of the molecule is CC[C@@H](O)CN1CCN(C(=O)Nc2ccc(C)c(Cl)c2)CC1. The highest BCUT2D eigenvalue weighted by molar-refractivity contribution is 6.31. The van der Waals surface area contributed by atoms with Crippen LogP contribution >= 0.6 is 11.6 Å². The average molecular weight is 326 g/mol. The monoisotopic (exact) mass is 325 g/mol. The van der Waals surface area contributed by atoms with Crippen LogP contribution in [0.4, 0.5) is 10.5 Å². The van der Waals surface area contributed by atoms with Crippen LogP contribution in [0.15, 0.2) is 18.2 Å². The van der Waals surface area contributed by atoms with Crippen LogP contribution in [0.2, 0.25) is 5.02 Å². The third-order valence-electron chi connectivity index (χ3n) is 4.02. The third kappa shape index (κ3) is 4.60. The molecule has 1 aromatic carbocycles. The van der Waals surface area contributed by atoms with Crippen LogP contribution in [0.25, 0.3) is 0 Å². The number of benzene rings is 1. The quantitative estimate of drug-likeness (QED) is 0.894. The van der Waals surface area contributed by atoms with E-state index in [-0.39, 0.29) is 12.1 Å². The summed E-state index contributed by atoms with van der Waals surface area (Å²) in [6.07, 6.45) is 0.476. The Hall–Kier alpha value is -1.30. The lowest BCUT2D eigenvalue weighted by Crippen LogP contribution is -2.51. The number of aryl methyl sites for hydroxylation is 1. The number of halogens is 1. The van der Waals surface area contributed by atoms with Gasteiger partial charge in [0.2, 0.25) is 0 Å². The molecule has 1 aromatic rings. The highest BCUT2D eigenvalue weighted by Crippen LogP contribution is 2.20. The number of piperazine rings is 1. The van der Waals surface area contributed by atoms with E-state index in [1.54, 1.807) is 11.0 Å². The Balaban J connectivity index is 1.83. The number of anilines is 1. The summed E-state index contributed by atoms with van der Waals surface area (Å²) in [4.78, 5) is 16.2. The van der Waals surface area contributed by atoms with E-state index in [0.717, 1.165) is 25.1 Å². The van der Waals surface area contributed by atoms with Crippen molar-refractivity contribution in [3.8, 4) is 0 Å². The van der Waals surface area contributed by atoms with E-state index in [9.17, 15) is 9.90 Å². The molecule has 1 heterocycles. The highest BCUT2D eigenvalue weighted by Gasteiger charge is 2.22. The van der Waals surface area contributed by atoms with Crippen LogP contribution in [0.5, 0.6) is 0 Å². The van der Waals surface area contributed by atoms with Gasteiger partial charge in [0.05, 0.1) is 6.10 Å².